The van der Waals surface area contributed by atoms with Crippen molar-refractivity contribution in [2.45, 2.75) is 39.2 Å². The quantitative estimate of drug-likeness (QED) is 0.755. The second-order valence-corrected chi connectivity index (χ2v) is 5.87. The molecular weight excluding hydrogens is 236 g/mol. The minimum atomic E-state index is -0.718. The molecule has 1 atom stereocenters. The van der Waals surface area contributed by atoms with E-state index in [0.29, 0.717) is 19.4 Å². The lowest BCUT2D eigenvalue weighted by atomic mass is 9.97. The lowest BCUT2D eigenvalue weighted by Crippen LogP contribution is -2.54. The van der Waals surface area contributed by atoms with E-state index in [9.17, 15) is 9.59 Å². The van der Waals surface area contributed by atoms with E-state index < -0.39 is 5.54 Å². The molecule has 1 aliphatic heterocycles. The van der Waals surface area contributed by atoms with Crippen LogP contribution in [0.4, 0.5) is 0 Å². The maximum absolute atomic E-state index is 12.3. The van der Waals surface area contributed by atoms with Crippen LogP contribution in [0.5, 0.6) is 0 Å². The first kappa shape index (κ1) is 14.4. The second kappa shape index (κ2) is 6.28. The van der Waals surface area contributed by atoms with E-state index in [1.54, 1.807) is 0 Å². The van der Waals surface area contributed by atoms with E-state index in [1.807, 2.05) is 30.5 Å². The third kappa shape index (κ3) is 3.63. The first-order valence-electron chi connectivity index (χ1n) is 6.21. The Bertz CT molecular complexity index is 296. The van der Waals surface area contributed by atoms with Crippen molar-refractivity contribution in [1.29, 1.82) is 0 Å². The van der Waals surface area contributed by atoms with Crippen molar-refractivity contribution in [3.63, 3.8) is 0 Å². The Balaban J connectivity index is 2.70. The number of hydrogen-bond donors (Lipinski definition) is 1. The Hall–Kier alpha value is -0.710. The van der Waals surface area contributed by atoms with Crippen LogP contribution in [0.3, 0.4) is 0 Å². The molecule has 98 valence electrons. The van der Waals surface area contributed by atoms with E-state index in [1.165, 1.54) is 0 Å². The van der Waals surface area contributed by atoms with Gasteiger partial charge < -0.3 is 10.2 Å². The van der Waals surface area contributed by atoms with E-state index in [2.05, 4.69) is 12.2 Å². The van der Waals surface area contributed by atoms with Gasteiger partial charge >= 0.3 is 0 Å². The Labute approximate surface area is 108 Å². The molecule has 0 radical (unpaired) electrons. The maximum atomic E-state index is 12.3. The molecule has 1 rings (SSSR count). The Morgan fingerprint density at radius 2 is 2.12 bits per heavy atom. The molecule has 0 bridgehead atoms. The molecule has 1 saturated heterocycles. The minimum absolute atomic E-state index is 0.0201. The summed E-state index contributed by atoms with van der Waals surface area (Å²) in [5.74, 6) is 2.04. The van der Waals surface area contributed by atoms with Gasteiger partial charge in [-0.1, -0.05) is 13.8 Å². The molecule has 1 fully saturated rings. The average molecular weight is 258 g/mol. The number of amides is 2. The highest BCUT2D eigenvalue weighted by atomic mass is 32.2. The Morgan fingerprint density at radius 3 is 2.71 bits per heavy atom. The van der Waals surface area contributed by atoms with Gasteiger partial charge in [0.15, 0.2) is 0 Å². The molecule has 2 amide bonds. The summed E-state index contributed by atoms with van der Waals surface area (Å²) >= 11 is 1.82. The Morgan fingerprint density at radius 1 is 1.41 bits per heavy atom. The highest BCUT2D eigenvalue weighted by Crippen LogP contribution is 2.18. The number of hydrogen-bond acceptors (Lipinski definition) is 3. The van der Waals surface area contributed by atoms with Gasteiger partial charge in [0, 0.05) is 25.3 Å². The summed E-state index contributed by atoms with van der Waals surface area (Å²) in [4.78, 5) is 25.7. The van der Waals surface area contributed by atoms with Crippen molar-refractivity contribution >= 4 is 23.6 Å². The van der Waals surface area contributed by atoms with Gasteiger partial charge in [-0.2, -0.15) is 11.8 Å². The summed E-state index contributed by atoms with van der Waals surface area (Å²) < 4.78 is 0. The smallest absolute Gasteiger partial charge is 0.248 e. The number of thioether (sulfide) groups is 1. The van der Waals surface area contributed by atoms with Gasteiger partial charge in [-0.15, -0.1) is 0 Å². The highest BCUT2D eigenvalue weighted by molar-refractivity contribution is 7.99. The standard InChI is InChI=1S/C12H22N2O2S/c1-4-12(3)11(16)14(8-9-17-5-2)7-6-10(15)13-12/h4-9H2,1-3H3,(H,13,15). The monoisotopic (exact) mass is 258 g/mol. The fourth-order valence-electron chi connectivity index (χ4n) is 1.88. The topological polar surface area (TPSA) is 49.4 Å². The molecule has 4 nitrogen and oxygen atoms in total. The van der Waals surface area contributed by atoms with Crippen LogP contribution >= 0.6 is 11.8 Å². The van der Waals surface area contributed by atoms with E-state index in [4.69, 9.17) is 0 Å². The van der Waals surface area contributed by atoms with Crippen molar-refractivity contribution in [2.24, 2.45) is 0 Å². The molecule has 0 aliphatic carbocycles. The van der Waals surface area contributed by atoms with E-state index in [-0.39, 0.29) is 11.8 Å². The van der Waals surface area contributed by atoms with Gasteiger partial charge in [0.1, 0.15) is 5.54 Å². The zero-order valence-corrected chi connectivity index (χ0v) is 11.7. The molecule has 1 unspecified atom stereocenters. The zero-order chi connectivity index (χ0) is 12.9. The van der Waals surface area contributed by atoms with Crippen LogP contribution in [-0.2, 0) is 9.59 Å². The summed E-state index contributed by atoms with van der Waals surface area (Å²) in [6, 6.07) is 0. The fraction of sp³-hybridized carbons (Fsp3) is 0.833. The number of rotatable bonds is 5. The molecule has 1 aliphatic rings. The molecule has 0 aromatic rings. The number of nitrogens with one attached hydrogen (secondary N) is 1. The van der Waals surface area contributed by atoms with E-state index >= 15 is 0 Å². The predicted molar refractivity (Wildman–Crippen MR) is 71.0 cm³/mol. The minimum Gasteiger partial charge on any atom is -0.342 e. The number of carbonyl (C=O) groups is 2. The first-order chi connectivity index (χ1) is 8.03. The summed E-state index contributed by atoms with van der Waals surface area (Å²) in [6.45, 7) is 7.14. The van der Waals surface area contributed by atoms with Crippen LogP contribution in [-0.4, -0.2) is 46.8 Å². The van der Waals surface area contributed by atoms with Crippen molar-refractivity contribution < 1.29 is 9.59 Å². The lowest BCUT2D eigenvalue weighted by Gasteiger charge is -2.31. The second-order valence-electron chi connectivity index (χ2n) is 4.47. The van der Waals surface area contributed by atoms with Crippen molar-refractivity contribution in [3.05, 3.63) is 0 Å². The van der Waals surface area contributed by atoms with Crippen molar-refractivity contribution in [3.8, 4) is 0 Å². The average Bonchev–Trinajstić information content (AvgIpc) is 2.41. The molecule has 0 aromatic heterocycles. The largest absolute Gasteiger partial charge is 0.342 e. The summed E-state index contributed by atoms with van der Waals surface area (Å²) in [7, 11) is 0. The molecular formula is C12H22N2O2S. The van der Waals surface area contributed by atoms with Gasteiger partial charge in [-0.3, -0.25) is 9.59 Å². The SMILES string of the molecule is CCSCCN1CCC(=O)NC(C)(CC)C1=O. The van der Waals surface area contributed by atoms with Crippen LogP contribution in [0.25, 0.3) is 0 Å². The van der Waals surface area contributed by atoms with Gasteiger partial charge in [0.05, 0.1) is 0 Å². The third-order valence-electron chi connectivity index (χ3n) is 3.20. The molecule has 0 saturated carbocycles. The van der Waals surface area contributed by atoms with E-state index in [0.717, 1.165) is 18.1 Å². The van der Waals surface area contributed by atoms with Crippen LogP contribution in [0.15, 0.2) is 0 Å². The number of nitrogens with zero attached hydrogens (tertiary/aromatic N) is 1. The summed E-state index contributed by atoms with van der Waals surface area (Å²) in [5.41, 5.74) is -0.718. The molecule has 5 heteroatoms. The number of carbonyl (C=O) groups excluding carboxylic acids is 2. The summed E-state index contributed by atoms with van der Waals surface area (Å²) in [6.07, 6.45) is 1.05. The fourth-order valence-corrected chi connectivity index (χ4v) is 2.52. The lowest BCUT2D eigenvalue weighted by molar-refractivity contribution is -0.138. The van der Waals surface area contributed by atoms with Crippen molar-refractivity contribution in [2.75, 3.05) is 24.6 Å². The van der Waals surface area contributed by atoms with Crippen LogP contribution in [0.2, 0.25) is 0 Å². The van der Waals surface area contributed by atoms with Gasteiger partial charge in [-0.25, -0.2) is 0 Å². The van der Waals surface area contributed by atoms with Gasteiger partial charge in [0.25, 0.3) is 0 Å². The highest BCUT2D eigenvalue weighted by Gasteiger charge is 2.38. The van der Waals surface area contributed by atoms with Crippen LogP contribution in [0.1, 0.15) is 33.6 Å². The maximum Gasteiger partial charge on any atom is 0.248 e. The normalized spacial score (nSPS) is 25.7. The van der Waals surface area contributed by atoms with Crippen LogP contribution in [0, 0.1) is 0 Å². The molecule has 1 N–H and O–H groups in total. The zero-order valence-electron chi connectivity index (χ0n) is 10.9. The third-order valence-corrected chi connectivity index (χ3v) is 4.08. The van der Waals surface area contributed by atoms with Gasteiger partial charge in [0.2, 0.25) is 11.8 Å². The molecule has 0 spiro atoms. The molecule has 0 aromatic carbocycles. The first-order valence-corrected chi connectivity index (χ1v) is 7.37. The van der Waals surface area contributed by atoms with Crippen LogP contribution < -0.4 is 5.32 Å². The molecule has 1 heterocycles. The summed E-state index contributed by atoms with van der Waals surface area (Å²) in [5, 5.41) is 2.84. The molecule has 17 heavy (non-hydrogen) atoms. The van der Waals surface area contributed by atoms with Crippen molar-refractivity contribution in [1.82, 2.24) is 10.2 Å². The predicted octanol–water partition coefficient (Wildman–Crippen LogP) is 1.26. The van der Waals surface area contributed by atoms with Gasteiger partial charge in [-0.05, 0) is 19.1 Å². The Kier molecular flexibility index (Phi) is 5.31.